The molecule has 2 aromatic heterocycles. The minimum atomic E-state index is -1.75. The number of aromatic nitrogens is 3. The van der Waals surface area contributed by atoms with Crippen molar-refractivity contribution >= 4 is 28.5 Å². The van der Waals surface area contributed by atoms with Gasteiger partial charge in [-0.25, -0.2) is 19.2 Å². The Morgan fingerprint density at radius 2 is 1.78 bits per heavy atom. The third kappa shape index (κ3) is 3.39. The molecule has 0 amide bonds. The molecule has 168 valence electrons. The Balaban J connectivity index is 1.83. The number of rotatable bonds is 5. The number of nitrogens with zero attached hydrogens (tertiary/aromatic N) is 5. The lowest BCUT2D eigenvalue weighted by Crippen LogP contribution is -2.47. The first-order valence-corrected chi connectivity index (χ1v) is 10.0. The second-order valence-electron chi connectivity index (χ2n) is 7.20. The first-order chi connectivity index (χ1) is 15.4. The van der Waals surface area contributed by atoms with Crippen LogP contribution in [-0.4, -0.2) is 58.9 Å². The second-order valence-corrected chi connectivity index (χ2v) is 7.20. The average Bonchev–Trinajstić information content (AvgIpc) is 2.79. The molecule has 0 aliphatic carbocycles. The van der Waals surface area contributed by atoms with Gasteiger partial charge in [-0.2, -0.15) is 4.39 Å². The van der Waals surface area contributed by atoms with Crippen LogP contribution in [0.1, 0.15) is 17.3 Å². The van der Waals surface area contributed by atoms with Crippen LogP contribution in [0, 0.1) is 11.8 Å². The van der Waals surface area contributed by atoms with Crippen LogP contribution in [0.25, 0.3) is 10.9 Å². The third-order valence-electron chi connectivity index (χ3n) is 5.54. The fourth-order valence-corrected chi connectivity index (χ4v) is 4.05. The fraction of sp³-hybridized carbons (Fsp3) is 0.333. The number of fused-ring (bicyclic) bond motifs is 1. The van der Waals surface area contributed by atoms with Crippen LogP contribution < -0.4 is 20.0 Å². The average molecular weight is 445 g/mol. The predicted molar refractivity (Wildman–Crippen MR) is 114 cm³/mol. The number of aromatic carboxylic acids is 1. The normalized spacial score (nSPS) is 14.1. The van der Waals surface area contributed by atoms with Gasteiger partial charge in [0.05, 0.1) is 18.2 Å². The zero-order valence-electron chi connectivity index (χ0n) is 17.5. The number of hydrogen-bond acceptors (Lipinski definition) is 7. The quantitative estimate of drug-likeness (QED) is 0.596. The van der Waals surface area contributed by atoms with E-state index in [9.17, 15) is 19.1 Å². The SMILES string of the molecule is CCn1c(F)c(C(=O)O)c(=O)c2c(F)cc(N3CCN(c4ncccn4)CC3)c(OC)c21. The van der Waals surface area contributed by atoms with E-state index in [-0.39, 0.29) is 17.8 Å². The summed E-state index contributed by atoms with van der Waals surface area (Å²) in [5.74, 6) is -3.22. The molecular weight excluding hydrogens is 424 g/mol. The number of carboxylic acid groups (broad SMARTS) is 1. The van der Waals surface area contributed by atoms with Gasteiger partial charge in [0, 0.05) is 51.2 Å². The summed E-state index contributed by atoms with van der Waals surface area (Å²) in [5.41, 5.74) is -2.06. The van der Waals surface area contributed by atoms with Crippen molar-refractivity contribution in [3.05, 3.63) is 52.1 Å². The summed E-state index contributed by atoms with van der Waals surface area (Å²) < 4.78 is 36.6. The summed E-state index contributed by atoms with van der Waals surface area (Å²) in [7, 11) is 1.34. The van der Waals surface area contributed by atoms with Gasteiger partial charge in [0.1, 0.15) is 11.3 Å². The number of benzene rings is 1. The monoisotopic (exact) mass is 445 g/mol. The molecule has 1 N–H and O–H groups in total. The molecule has 1 aromatic carbocycles. The summed E-state index contributed by atoms with van der Waals surface area (Å²) >= 11 is 0. The molecule has 0 atom stereocenters. The number of hydrogen-bond donors (Lipinski definition) is 1. The van der Waals surface area contributed by atoms with E-state index in [0.717, 1.165) is 10.6 Å². The van der Waals surface area contributed by atoms with Gasteiger partial charge in [-0.15, -0.1) is 0 Å². The van der Waals surface area contributed by atoms with Crippen LogP contribution in [0.4, 0.5) is 20.4 Å². The molecule has 0 unspecified atom stereocenters. The van der Waals surface area contributed by atoms with Crippen molar-refractivity contribution in [2.45, 2.75) is 13.5 Å². The van der Waals surface area contributed by atoms with Crippen molar-refractivity contribution in [1.29, 1.82) is 0 Å². The number of carbonyl (C=O) groups is 1. The number of pyridine rings is 1. The Labute approximate surface area is 181 Å². The highest BCUT2D eigenvalue weighted by molar-refractivity contribution is 5.97. The number of piperazine rings is 1. The van der Waals surface area contributed by atoms with E-state index >= 15 is 4.39 Å². The van der Waals surface area contributed by atoms with Crippen molar-refractivity contribution in [1.82, 2.24) is 14.5 Å². The topological polar surface area (TPSA) is 101 Å². The van der Waals surface area contributed by atoms with Crippen molar-refractivity contribution in [2.75, 3.05) is 43.1 Å². The molecular formula is C21H21F2N5O4. The minimum absolute atomic E-state index is 0.0265. The Morgan fingerprint density at radius 1 is 1.16 bits per heavy atom. The smallest absolute Gasteiger partial charge is 0.344 e. The summed E-state index contributed by atoms with van der Waals surface area (Å²) in [6.07, 6.45) is 3.31. The lowest BCUT2D eigenvalue weighted by Gasteiger charge is -2.36. The maximum absolute atomic E-state index is 15.2. The zero-order chi connectivity index (χ0) is 23.0. The highest BCUT2D eigenvalue weighted by atomic mass is 19.1. The number of aryl methyl sites for hydroxylation is 1. The lowest BCUT2D eigenvalue weighted by molar-refractivity contribution is 0.0688. The van der Waals surface area contributed by atoms with E-state index in [1.165, 1.54) is 7.11 Å². The van der Waals surface area contributed by atoms with Gasteiger partial charge in [-0.3, -0.25) is 4.79 Å². The molecule has 1 fully saturated rings. The largest absolute Gasteiger partial charge is 0.492 e. The molecule has 0 saturated carbocycles. The molecule has 1 saturated heterocycles. The van der Waals surface area contributed by atoms with Gasteiger partial charge in [0.15, 0.2) is 11.3 Å². The Morgan fingerprint density at radius 3 is 2.34 bits per heavy atom. The Kier molecular flexibility index (Phi) is 5.64. The summed E-state index contributed by atoms with van der Waals surface area (Å²) in [5, 5.41) is 8.78. The number of carboxylic acids is 1. The van der Waals surface area contributed by atoms with Crippen molar-refractivity contribution in [3.8, 4) is 5.75 Å². The minimum Gasteiger partial charge on any atom is -0.492 e. The van der Waals surface area contributed by atoms with Gasteiger partial charge in [-0.05, 0) is 13.0 Å². The van der Waals surface area contributed by atoms with Crippen molar-refractivity contribution in [2.24, 2.45) is 0 Å². The molecule has 0 spiro atoms. The molecule has 0 radical (unpaired) electrons. The molecule has 1 aliphatic rings. The second kappa shape index (κ2) is 8.40. The third-order valence-corrected chi connectivity index (χ3v) is 5.54. The molecule has 9 nitrogen and oxygen atoms in total. The van der Waals surface area contributed by atoms with E-state index in [2.05, 4.69) is 9.97 Å². The van der Waals surface area contributed by atoms with Crippen LogP contribution >= 0.6 is 0 Å². The number of ether oxygens (including phenoxy) is 1. The van der Waals surface area contributed by atoms with E-state index in [1.807, 2.05) is 9.80 Å². The van der Waals surface area contributed by atoms with Crippen LogP contribution in [0.2, 0.25) is 0 Å². The number of methoxy groups -OCH3 is 1. The van der Waals surface area contributed by atoms with Gasteiger partial charge in [0.2, 0.25) is 17.3 Å². The highest BCUT2D eigenvalue weighted by Gasteiger charge is 2.30. The first kappa shape index (κ1) is 21.5. The summed E-state index contributed by atoms with van der Waals surface area (Å²) in [6, 6.07) is 2.87. The van der Waals surface area contributed by atoms with Crippen LogP contribution in [0.5, 0.6) is 5.75 Å². The van der Waals surface area contributed by atoms with E-state index in [0.29, 0.717) is 37.8 Å². The van der Waals surface area contributed by atoms with E-state index in [4.69, 9.17) is 4.74 Å². The first-order valence-electron chi connectivity index (χ1n) is 10.0. The number of halogens is 2. The molecule has 3 heterocycles. The van der Waals surface area contributed by atoms with Gasteiger partial charge >= 0.3 is 5.97 Å². The summed E-state index contributed by atoms with van der Waals surface area (Å²) in [4.78, 5) is 36.5. The van der Waals surface area contributed by atoms with Crippen molar-refractivity contribution in [3.63, 3.8) is 0 Å². The highest BCUT2D eigenvalue weighted by Crippen LogP contribution is 2.38. The fourth-order valence-electron chi connectivity index (χ4n) is 4.05. The maximum atomic E-state index is 15.2. The van der Waals surface area contributed by atoms with Crippen molar-refractivity contribution < 1.29 is 23.4 Å². The van der Waals surface area contributed by atoms with Gasteiger partial charge < -0.3 is 24.2 Å². The van der Waals surface area contributed by atoms with Crippen LogP contribution in [0.15, 0.2) is 29.3 Å². The predicted octanol–water partition coefficient (Wildman–Crippen LogP) is 2.12. The standard InChI is InChI=1S/C21H21F2N5O4/c1-3-28-16-14(17(29)15(19(28)23)20(30)31)12(22)11-13(18(16)32-2)26-7-9-27(10-8-26)21-24-5-4-6-25-21/h4-6,11H,3,7-10H2,1-2H3,(H,30,31). The van der Waals surface area contributed by atoms with Gasteiger partial charge in [-0.1, -0.05) is 0 Å². The lowest BCUT2D eigenvalue weighted by atomic mass is 10.1. The van der Waals surface area contributed by atoms with Crippen LogP contribution in [-0.2, 0) is 6.54 Å². The van der Waals surface area contributed by atoms with E-state index < -0.39 is 34.1 Å². The van der Waals surface area contributed by atoms with E-state index in [1.54, 1.807) is 25.4 Å². The van der Waals surface area contributed by atoms with Crippen LogP contribution in [0.3, 0.4) is 0 Å². The molecule has 0 bridgehead atoms. The molecule has 4 rings (SSSR count). The zero-order valence-corrected chi connectivity index (χ0v) is 17.5. The maximum Gasteiger partial charge on any atom is 0.344 e. The number of anilines is 2. The molecule has 3 aromatic rings. The Bertz CT molecular complexity index is 1240. The Hall–Kier alpha value is -3.76. The van der Waals surface area contributed by atoms with Gasteiger partial charge in [0.25, 0.3) is 0 Å². The molecule has 11 heteroatoms. The summed E-state index contributed by atoms with van der Waals surface area (Å²) in [6.45, 7) is 3.61. The molecule has 32 heavy (non-hydrogen) atoms. The molecule has 1 aliphatic heterocycles.